The Hall–Kier alpha value is -1.11. The lowest BCUT2D eigenvalue weighted by atomic mass is 10.0. The van der Waals surface area contributed by atoms with E-state index in [0.29, 0.717) is 17.9 Å². The van der Waals surface area contributed by atoms with Gasteiger partial charge in [0.05, 0.1) is 10.5 Å². The minimum absolute atomic E-state index is 0.231. The maximum Gasteiger partial charge on any atom is 0.241 e. The number of rotatable bonds is 4. The predicted molar refractivity (Wildman–Crippen MR) is 74.4 cm³/mol. The molecule has 1 atom stereocenters. The van der Waals surface area contributed by atoms with Crippen LogP contribution in [0, 0.1) is 6.92 Å². The fourth-order valence-electron chi connectivity index (χ4n) is 2.22. The Kier molecular flexibility index (Phi) is 3.85. The van der Waals surface area contributed by atoms with E-state index < -0.39 is 15.6 Å². The van der Waals surface area contributed by atoms with Crippen LogP contribution in [0.25, 0.3) is 0 Å². The van der Waals surface area contributed by atoms with Gasteiger partial charge in [-0.2, -0.15) is 0 Å². The lowest BCUT2D eigenvalue weighted by Gasteiger charge is -2.23. The molecule has 1 aliphatic heterocycles. The van der Waals surface area contributed by atoms with Crippen LogP contribution < -0.4 is 10.5 Å². The van der Waals surface area contributed by atoms with Gasteiger partial charge in [-0.3, -0.25) is 0 Å². The van der Waals surface area contributed by atoms with Crippen LogP contribution in [0.1, 0.15) is 25.3 Å². The molecule has 1 aliphatic rings. The number of benzene rings is 1. The van der Waals surface area contributed by atoms with Crippen LogP contribution in [0.2, 0.25) is 0 Å². The molecular weight excluding hydrogens is 264 g/mol. The molecule has 3 N–H and O–H groups in total. The average molecular weight is 284 g/mol. The summed E-state index contributed by atoms with van der Waals surface area (Å²) in [5, 5.41) is 0. The molecule has 0 bridgehead atoms. The Labute approximate surface area is 114 Å². The van der Waals surface area contributed by atoms with E-state index >= 15 is 0 Å². The van der Waals surface area contributed by atoms with E-state index in [1.54, 1.807) is 25.1 Å². The number of hydrogen-bond donors (Lipinski definition) is 2. The summed E-state index contributed by atoms with van der Waals surface area (Å²) in [6.07, 6.45) is 1.83. The fourth-order valence-corrected chi connectivity index (χ4v) is 3.65. The van der Waals surface area contributed by atoms with Crippen molar-refractivity contribution < 1.29 is 13.2 Å². The second kappa shape index (κ2) is 5.11. The van der Waals surface area contributed by atoms with Gasteiger partial charge in [-0.15, -0.1) is 0 Å². The molecule has 0 spiro atoms. The second-order valence-electron chi connectivity index (χ2n) is 5.20. The molecule has 1 fully saturated rings. The van der Waals surface area contributed by atoms with Crippen molar-refractivity contribution in [3.63, 3.8) is 0 Å². The maximum absolute atomic E-state index is 12.3. The first-order valence-electron chi connectivity index (χ1n) is 6.33. The maximum atomic E-state index is 12.3. The molecule has 1 unspecified atom stereocenters. The van der Waals surface area contributed by atoms with Crippen LogP contribution in [0.4, 0.5) is 5.69 Å². The van der Waals surface area contributed by atoms with Gasteiger partial charge in [0.2, 0.25) is 10.0 Å². The van der Waals surface area contributed by atoms with Gasteiger partial charge >= 0.3 is 0 Å². The van der Waals surface area contributed by atoms with Crippen LogP contribution in [-0.2, 0) is 14.8 Å². The van der Waals surface area contributed by atoms with Gasteiger partial charge in [-0.1, -0.05) is 6.07 Å². The predicted octanol–water partition coefficient (Wildman–Crippen LogP) is 1.42. The minimum atomic E-state index is -3.55. The third kappa shape index (κ3) is 3.08. The molecule has 1 aromatic rings. The normalized spacial score (nSPS) is 23.7. The SMILES string of the molecule is Cc1c(N)cccc1S(=O)(=O)NCC1(C)CCCO1. The first-order valence-corrected chi connectivity index (χ1v) is 7.81. The highest BCUT2D eigenvalue weighted by molar-refractivity contribution is 7.89. The fraction of sp³-hybridized carbons (Fsp3) is 0.538. The Balaban J connectivity index is 2.16. The molecule has 0 saturated carbocycles. The van der Waals surface area contributed by atoms with Crippen molar-refractivity contribution in [1.29, 1.82) is 0 Å². The van der Waals surface area contributed by atoms with Crippen LogP contribution in [0.5, 0.6) is 0 Å². The van der Waals surface area contributed by atoms with E-state index in [-0.39, 0.29) is 11.4 Å². The third-order valence-corrected chi connectivity index (χ3v) is 5.10. The molecule has 5 nitrogen and oxygen atoms in total. The summed E-state index contributed by atoms with van der Waals surface area (Å²) < 4.78 is 32.8. The first-order chi connectivity index (χ1) is 8.84. The summed E-state index contributed by atoms with van der Waals surface area (Å²) in [5.74, 6) is 0. The summed E-state index contributed by atoms with van der Waals surface area (Å²) in [6, 6.07) is 4.90. The molecule has 0 radical (unpaired) electrons. The Morgan fingerprint density at radius 2 is 2.21 bits per heavy atom. The smallest absolute Gasteiger partial charge is 0.241 e. The van der Waals surface area contributed by atoms with E-state index in [2.05, 4.69) is 4.72 Å². The lowest BCUT2D eigenvalue weighted by molar-refractivity contribution is 0.0250. The molecule has 1 aromatic carbocycles. The van der Waals surface area contributed by atoms with Gasteiger partial charge in [-0.05, 0) is 44.4 Å². The number of hydrogen-bond acceptors (Lipinski definition) is 4. The zero-order valence-corrected chi connectivity index (χ0v) is 12.1. The van der Waals surface area contributed by atoms with Crippen molar-refractivity contribution in [3.8, 4) is 0 Å². The molecule has 1 saturated heterocycles. The summed E-state index contributed by atoms with van der Waals surface area (Å²) in [6.45, 7) is 4.60. The van der Waals surface area contributed by atoms with Crippen LogP contribution in [0.15, 0.2) is 23.1 Å². The van der Waals surface area contributed by atoms with E-state index in [4.69, 9.17) is 10.5 Å². The van der Waals surface area contributed by atoms with Gasteiger partial charge in [0, 0.05) is 18.8 Å². The summed E-state index contributed by atoms with van der Waals surface area (Å²) in [7, 11) is -3.55. The topological polar surface area (TPSA) is 81.4 Å². The van der Waals surface area contributed by atoms with Gasteiger partial charge in [0.25, 0.3) is 0 Å². The van der Waals surface area contributed by atoms with Crippen molar-refractivity contribution in [2.75, 3.05) is 18.9 Å². The van der Waals surface area contributed by atoms with Gasteiger partial charge in [0.15, 0.2) is 0 Å². The molecule has 1 heterocycles. The van der Waals surface area contributed by atoms with E-state index in [1.165, 1.54) is 0 Å². The number of anilines is 1. The summed E-state index contributed by atoms with van der Waals surface area (Å²) in [5.41, 5.74) is 6.40. The number of ether oxygens (including phenoxy) is 1. The van der Waals surface area contributed by atoms with Crippen molar-refractivity contribution >= 4 is 15.7 Å². The number of sulfonamides is 1. The highest BCUT2D eigenvalue weighted by Crippen LogP contribution is 2.25. The molecule has 106 valence electrons. The standard InChI is InChI=1S/C13H20N2O3S/c1-10-11(14)5-3-6-12(10)19(16,17)15-9-13(2)7-4-8-18-13/h3,5-6,15H,4,7-9,14H2,1-2H3. The molecule has 6 heteroatoms. The monoisotopic (exact) mass is 284 g/mol. The first kappa shape index (κ1) is 14.3. The summed E-state index contributed by atoms with van der Waals surface area (Å²) in [4.78, 5) is 0.231. The largest absolute Gasteiger partial charge is 0.398 e. The number of nitrogen functional groups attached to an aromatic ring is 1. The minimum Gasteiger partial charge on any atom is -0.398 e. The van der Waals surface area contributed by atoms with E-state index in [9.17, 15) is 8.42 Å². The third-order valence-electron chi connectivity index (χ3n) is 3.55. The quantitative estimate of drug-likeness (QED) is 0.819. The molecule has 0 amide bonds. The van der Waals surface area contributed by atoms with Crippen molar-refractivity contribution in [2.24, 2.45) is 0 Å². The zero-order valence-electron chi connectivity index (χ0n) is 11.3. The Morgan fingerprint density at radius 3 is 2.84 bits per heavy atom. The summed E-state index contributed by atoms with van der Waals surface area (Å²) >= 11 is 0. The van der Waals surface area contributed by atoms with E-state index in [0.717, 1.165) is 12.8 Å². The average Bonchev–Trinajstić information content (AvgIpc) is 2.78. The second-order valence-corrected chi connectivity index (χ2v) is 6.93. The molecule has 19 heavy (non-hydrogen) atoms. The highest BCUT2D eigenvalue weighted by atomic mass is 32.2. The highest BCUT2D eigenvalue weighted by Gasteiger charge is 2.31. The molecule has 0 aliphatic carbocycles. The number of nitrogens with two attached hydrogens (primary N) is 1. The van der Waals surface area contributed by atoms with Crippen molar-refractivity contribution in [2.45, 2.75) is 37.2 Å². The van der Waals surface area contributed by atoms with Crippen LogP contribution >= 0.6 is 0 Å². The van der Waals surface area contributed by atoms with Crippen molar-refractivity contribution in [3.05, 3.63) is 23.8 Å². The molecule has 0 aromatic heterocycles. The van der Waals surface area contributed by atoms with Crippen LogP contribution in [0.3, 0.4) is 0 Å². The van der Waals surface area contributed by atoms with Crippen LogP contribution in [-0.4, -0.2) is 27.2 Å². The van der Waals surface area contributed by atoms with E-state index in [1.807, 2.05) is 6.92 Å². The van der Waals surface area contributed by atoms with Crippen molar-refractivity contribution in [1.82, 2.24) is 4.72 Å². The Morgan fingerprint density at radius 1 is 1.47 bits per heavy atom. The van der Waals surface area contributed by atoms with Gasteiger partial charge < -0.3 is 10.5 Å². The zero-order chi connectivity index (χ0) is 14.1. The molecular formula is C13H20N2O3S. The lowest BCUT2D eigenvalue weighted by Crippen LogP contribution is -2.40. The van der Waals surface area contributed by atoms with Gasteiger partial charge in [0.1, 0.15) is 0 Å². The number of nitrogens with one attached hydrogen (secondary N) is 1. The van der Waals surface area contributed by atoms with Gasteiger partial charge in [-0.25, -0.2) is 13.1 Å². The Bertz CT molecular complexity index is 563. The molecule has 2 rings (SSSR count).